The van der Waals surface area contributed by atoms with Crippen LogP contribution >= 0.6 is 11.6 Å². The standard InChI is InChI=1S/C20H21ClN2O4/c21-16-3-1-2-15(10-16)20(24)22-12-17(23-6-8-25-9-7-23)14-4-5-18-19(11-14)27-13-26-18/h1-5,10-11,17H,6-9,12-13H2,(H,22,24)/t17-/m0/s1. The maximum absolute atomic E-state index is 12.5. The molecular formula is C20H21ClN2O4. The number of halogens is 1. The Kier molecular flexibility index (Phi) is 5.48. The smallest absolute Gasteiger partial charge is 0.251 e. The summed E-state index contributed by atoms with van der Waals surface area (Å²) in [6, 6.07) is 12.9. The molecule has 1 saturated heterocycles. The zero-order valence-electron chi connectivity index (χ0n) is 14.8. The lowest BCUT2D eigenvalue weighted by atomic mass is 10.0. The maximum atomic E-state index is 12.5. The van der Waals surface area contributed by atoms with Crippen LogP contribution in [-0.2, 0) is 4.74 Å². The molecule has 6 nitrogen and oxygen atoms in total. The van der Waals surface area contributed by atoms with Gasteiger partial charge in [-0.15, -0.1) is 0 Å². The highest BCUT2D eigenvalue weighted by Crippen LogP contribution is 2.35. The monoisotopic (exact) mass is 388 g/mol. The minimum absolute atomic E-state index is 0.0199. The van der Waals surface area contributed by atoms with Crippen LogP contribution in [0.3, 0.4) is 0 Å². The molecule has 0 aromatic heterocycles. The Morgan fingerprint density at radius 1 is 1.11 bits per heavy atom. The van der Waals surface area contributed by atoms with Crippen LogP contribution in [0.4, 0.5) is 0 Å². The summed E-state index contributed by atoms with van der Waals surface area (Å²) in [6.45, 7) is 3.71. The Labute approximate surface area is 163 Å². The van der Waals surface area contributed by atoms with Crippen molar-refractivity contribution in [3.05, 3.63) is 58.6 Å². The van der Waals surface area contributed by atoms with Crippen LogP contribution in [0.5, 0.6) is 11.5 Å². The number of nitrogens with zero attached hydrogens (tertiary/aromatic N) is 1. The lowest BCUT2D eigenvalue weighted by Crippen LogP contribution is -2.43. The number of benzene rings is 2. The van der Waals surface area contributed by atoms with Crippen LogP contribution < -0.4 is 14.8 Å². The van der Waals surface area contributed by atoms with E-state index in [4.69, 9.17) is 25.8 Å². The fourth-order valence-corrected chi connectivity index (χ4v) is 3.58. The third-order valence-electron chi connectivity index (χ3n) is 4.81. The van der Waals surface area contributed by atoms with Gasteiger partial charge in [-0.05, 0) is 35.9 Å². The summed E-state index contributed by atoms with van der Waals surface area (Å²) in [7, 11) is 0. The van der Waals surface area contributed by atoms with Gasteiger partial charge in [-0.2, -0.15) is 0 Å². The fraction of sp³-hybridized carbons (Fsp3) is 0.350. The van der Waals surface area contributed by atoms with Crippen LogP contribution in [0, 0.1) is 0 Å². The molecule has 142 valence electrons. The second-order valence-electron chi connectivity index (χ2n) is 6.50. The first-order valence-electron chi connectivity index (χ1n) is 8.96. The molecule has 0 bridgehead atoms. The van der Waals surface area contributed by atoms with E-state index >= 15 is 0 Å². The van der Waals surface area contributed by atoms with Crippen LogP contribution in [0.2, 0.25) is 5.02 Å². The normalized spacial score (nSPS) is 17.5. The Balaban J connectivity index is 1.52. The zero-order valence-corrected chi connectivity index (χ0v) is 15.6. The number of hydrogen-bond donors (Lipinski definition) is 1. The first-order valence-corrected chi connectivity index (χ1v) is 9.33. The van der Waals surface area contributed by atoms with Crippen molar-refractivity contribution in [1.29, 1.82) is 0 Å². The average Bonchev–Trinajstić information content (AvgIpc) is 3.17. The lowest BCUT2D eigenvalue weighted by molar-refractivity contribution is 0.0162. The molecule has 0 spiro atoms. The van der Waals surface area contributed by atoms with E-state index < -0.39 is 0 Å². The summed E-state index contributed by atoms with van der Waals surface area (Å²) >= 11 is 6.00. The molecule has 0 saturated carbocycles. The molecule has 1 amide bonds. The van der Waals surface area contributed by atoms with Gasteiger partial charge in [-0.25, -0.2) is 0 Å². The number of carbonyl (C=O) groups is 1. The molecule has 2 aromatic carbocycles. The average molecular weight is 389 g/mol. The van der Waals surface area contributed by atoms with E-state index in [9.17, 15) is 4.79 Å². The molecule has 0 unspecified atom stereocenters. The van der Waals surface area contributed by atoms with Crippen LogP contribution in [0.15, 0.2) is 42.5 Å². The van der Waals surface area contributed by atoms with E-state index in [1.807, 2.05) is 18.2 Å². The summed E-state index contributed by atoms with van der Waals surface area (Å²) in [4.78, 5) is 14.9. The minimum Gasteiger partial charge on any atom is -0.454 e. The third-order valence-corrected chi connectivity index (χ3v) is 5.05. The summed E-state index contributed by atoms with van der Waals surface area (Å²) in [5.41, 5.74) is 1.63. The van der Waals surface area contributed by atoms with E-state index in [1.54, 1.807) is 24.3 Å². The van der Waals surface area contributed by atoms with Gasteiger partial charge in [0.05, 0.1) is 19.3 Å². The van der Waals surface area contributed by atoms with Crippen molar-refractivity contribution in [2.24, 2.45) is 0 Å². The van der Waals surface area contributed by atoms with Gasteiger partial charge in [0.1, 0.15) is 0 Å². The number of carbonyl (C=O) groups excluding carboxylic acids is 1. The highest BCUT2D eigenvalue weighted by molar-refractivity contribution is 6.30. The van der Waals surface area contributed by atoms with E-state index in [1.165, 1.54) is 0 Å². The van der Waals surface area contributed by atoms with Crippen LogP contribution in [0.25, 0.3) is 0 Å². The highest BCUT2D eigenvalue weighted by Gasteiger charge is 2.25. The summed E-state index contributed by atoms with van der Waals surface area (Å²) < 4.78 is 16.4. The van der Waals surface area contributed by atoms with Crippen molar-refractivity contribution >= 4 is 17.5 Å². The fourth-order valence-electron chi connectivity index (χ4n) is 3.39. The molecule has 0 radical (unpaired) electrons. The number of morpholine rings is 1. The highest BCUT2D eigenvalue weighted by atomic mass is 35.5. The Bertz CT molecular complexity index is 823. The number of hydrogen-bond acceptors (Lipinski definition) is 5. The number of amides is 1. The summed E-state index contributed by atoms with van der Waals surface area (Å²) in [6.07, 6.45) is 0. The molecule has 1 fully saturated rings. The summed E-state index contributed by atoms with van der Waals surface area (Å²) in [5, 5.41) is 3.58. The molecule has 2 aromatic rings. The van der Waals surface area contributed by atoms with E-state index in [2.05, 4.69) is 10.2 Å². The number of ether oxygens (including phenoxy) is 3. The van der Waals surface area contributed by atoms with Gasteiger partial charge in [0, 0.05) is 30.2 Å². The van der Waals surface area contributed by atoms with E-state index in [0.717, 1.165) is 30.2 Å². The zero-order chi connectivity index (χ0) is 18.6. The maximum Gasteiger partial charge on any atom is 0.251 e. The van der Waals surface area contributed by atoms with Crippen LogP contribution in [0.1, 0.15) is 22.0 Å². The molecular weight excluding hydrogens is 368 g/mol. The van der Waals surface area contributed by atoms with Crippen molar-refractivity contribution < 1.29 is 19.0 Å². The molecule has 7 heteroatoms. The predicted molar refractivity (Wildman–Crippen MR) is 101 cm³/mol. The molecule has 1 atom stereocenters. The van der Waals surface area contributed by atoms with Crippen molar-refractivity contribution in [2.45, 2.75) is 6.04 Å². The van der Waals surface area contributed by atoms with Gasteiger partial charge >= 0.3 is 0 Å². The molecule has 2 aliphatic rings. The van der Waals surface area contributed by atoms with Gasteiger partial charge in [-0.3, -0.25) is 9.69 Å². The number of rotatable bonds is 5. The lowest BCUT2D eigenvalue weighted by Gasteiger charge is -2.35. The molecule has 2 aliphatic heterocycles. The molecule has 2 heterocycles. The Hall–Kier alpha value is -2.28. The van der Waals surface area contributed by atoms with Gasteiger partial charge in [0.25, 0.3) is 5.91 Å². The molecule has 1 N–H and O–H groups in total. The Morgan fingerprint density at radius 3 is 2.74 bits per heavy atom. The van der Waals surface area contributed by atoms with Gasteiger partial charge in [0.2, 0.25) is 6.79 Å². The van der Waals surface area contributed by atoms with Gasteiger partial charge in [-0.1, -0.05) is 23.7 Å². The van der Waals surface area contributed by atoms with Crippen molar-refractivity contribution in [3.8, 4) is 11.5 Å². The minimum atomic E-state index is -0.142. The SMILES string of the molecule is O=C(NC[C@@H](c1ccc2c(c1)OCO2)N1CCOCC1)c1cccc(Cl)c1. The Morgan fingerprint density at radius 2 is 1.93 bits per heavy atom. The van der Waals surface area contributed by atoms with Gasteiger partial charge in [0.15, 0.2) is 11.5 Å². The van der Waals surface area contributed by atoms with Crippen molar-refractivity contribution in [1.82, 2.24) is 10.2 Å². The number of nitrogens with one attached hydrogen (secondary N) is 1. The van der Waals surface area contributed by atoms with Gasteiger partial charge < -0.3 is 19.5 Å². The second kappa shape index (κ2) is 8.17. The van der Waals surface area contributed by atoms with Crippen molar-refractivity contribution in [2.75, 3.05) is 39.6 Å². The predicted octanol–water partition coefficient (Wildman–Crippen LogP) is 2.87. The largest absolute Gasteiger partial charge is 0.454 e. The van der Waals surface area contributed by atoms with Crippen molar-refractivity contribution in [3.63, 3.8) is 0 Å². The summed E-state index contributed by atoms with van der Waals surface area (Å²) in [5.74, 6) is 1.35. The third kappa shape index (κ3) is 4.18. The topological polar surface area (TPSA) is 60.0 Å². The molecule has 27 heavy (non-hydrogen) atoms. The molecule has 4 rings (SSSR count). The number of fused-ring (bicyclic) bond motifs is 1. The van der Waals surface area contributed by atoms with Crippen LogP contribution in [-0.4, -0.2) is 50.4 Å². The van der Waals surface area contributed by atoms with E-state index in [-0.39, 0.29) is 18.7 Å². The first kappa shape index (κ1) is 18.1. The van der Waals surface area contributed by atoms with E-state index in [0.29, 0.717) is 30.3 Å². The quantitative estimate of drug-likeness (QED) is 0.853. The first-order chi connectivity index (χ1) is 13.2. The second-order valence-corrected chi connectivity index (χ2v) is 6.93. The molecule has 0 aliphatic carbocycles.